The summed E-state index contributed by atoms with van der Waals surface area (Å²) in [5.74, 6) is 0. The number of benzene rings is 2. The van der Waals surface area contributed by atoms with Crippen molar-refractivity contribution >= 4 is 54.7 Å². The van der Waals surface area contributed by atoms with Crippen molar-refractivity contribution in [2.75, 3.05) is 0 Å². The van der Waals surface area contributed by atoms with Crippen molar-refractivity contribution in [3.63, 3.8) is 0 Å². The Morgan fingerprint density at radius 2 is 0.833 bits per heavy atom. The molecule has 0 bridgehead atoms. The van der Waals surface area contributed by atoms with E-state index in [4.69, 9.17) is 0 Å². The van der Waals surface area contributed by atoms with Crippen LogP contribution in [0.15, 0.2) is 36.4 Å². The van der Waals surface area contributed by atoms with E-state index in [1.165, 1.54) is 77.0 Å². The third-order valence-corrected chi connectivity index (χ3v) is 42.6. The molecular weight excluding hydrogens is 646 g/mol. The molecule has 0 nitrogen and oxygen atoms in total. The molecule has 0 aliphatic rings. The summed E-state index contributed by atoms with van der Waals surface area (Å²) in [5, 5.41) is 3.27. The fourth-order valence-electron chi connectivity index (χ4n) is 6.90. The quantitative estimate of drug-likeness (QED) is 0.120. The van der Waals surface area contributed by atoms with Gasteiger partial charge in [0.1, 0.15) is 0 Å². The van der Waals surface area contributed by atoms with Gasteiger partial charge in [-0.25, -0.2) is 0 Å². The van der Waals surface area contributed by atoms with Crippen LogP contribution in [0.3, 0.4) is 0 Å². The average Bonchev–Trinajstić information content (AvgIpc) is 2.92. The molecule has 0 aliphatic heterocycles. The van der Waals surface area contributed by atoms with E-state index in [9.17, 15) is 0 Å². The third kappa shape index (κ3) is 8.65. The normalized spacial score (nSPS) is 12.5. The van der Waals surface area contributed by atoms with Crippen LogP contribution in [0.4, 0.5) is 0 Å². The van der Waals surface area contributed by atoms with Gasteiger partial charge in [-0.2, -0.15) is 0 Å². The van der Waals surface area contributed by atoms with E-state index in [0.717, 1.165) is 0 Å². The predicted octanol–water partition coefficient (Wildman–Crippen LogP) is 11.0. The minimum absolute atomic E-state index is 1.37. The van der Waals surface area contributed by atoms with Crippen LogP contribution in [0.1, 0.15) is 119 Å². The van der Waals surface area contributed by atoms with Gasteiger partial charge in [0.2, 0.25) is 0 Å². The van der Waals surface area contributed by atoms with Gasteiger partial charge in [0.25, 0.3) is 0 Å². The molecule has 0 N–H and O–H groups in total. The van der Waals surface area contributed by atoms with Gasteiger partial charge in [-0.15, -0.1) is 0 Å². The van der Waals surface area contributed by atoms with Crippen molar-refractivity contribution < 1.29 is 0 Å². The van der Waals surface area contributed by atoms with Crippen molar-refractivity contribution in [1.82, 2.24) is 0 Å². The Morgan fingerprint density at radius 1 is 0.444 bits per heavy atom. The standard InChI is InChI=1S/C10H6.6C4H9.2Sn/c1-2-6-10-8-4-3-7-9(10)5-1;6*1-3-4-2;;/h1-3,5-7H;6*1,3-4H2,2H3;;. The molecule has 0 unspecified atom stereocenters. The second-order valence-electron chi connectivity index (χ2n) is 11.9. The molecule has 2 aromatic carbocycles. The van der Waals surface area contributed by atoms with Crippen LogP contribution in [0.5, 0.6) is 0 Å². The van der Waals surface area contributed by atoms with Gasteiger partial charge in [-0.3, -0.25) is 0 Å². The Labute approximate surface area is 234 Å². The Hall–Kier alpha value is 0.297. The van der Waals surface area contributed by atoms with Gasteiger partial charge in [0, 0.05) is 0 Å². The molecule has 2 aromatic rings. The first-order chi connectivity index (χ1) is 17.6. The van der Waals surface area contributed by atoms with Gasteiger partial charge in [-0.1, -0.05) is 0 Å². The Bertz CT molecular complexity index is 812. The molecule has 36 heavy (non-hydrogen) atoms. The van der Waals surface area contributed by atoms with Crippen LogP contribution in [0.2, 0.25) is 26.6 Å². The van der Waals surface area contributed by atoms with Crippen molar-refractivity contribution in [3.05, 3.63) is 36.4 Å². The van der Waals surface area contributed by atoms with E-state index in [-0.39, 0.29) is 0 Å². The molecule has 0 atom stereocenters. The third-order valence-electron chi connectivity index (χ3n) is 9.08. The summed E-state index contributed by atoms with van der Waals surface area (Å²) in [4.78, 5) is 0. The van der Waals surface area contributed by atoms with E-state index >= 15 is 0 Å². The van der Waals surface area contributed by atoms with E-state index in [0.29, 0.717) is 0 Å². The van der Waals surface area contributed by atoms with Crippen LogP contribution < -0.4 is 7.16 Å². The molecule has 0 fully saturated rings. The van der Waals surface area contributed by atoms with Gasteiger partial charge in [0.05, 0.1) is 0 Å². The van der Waals surface area contributed by atoms with Gasteiger partial charge < -0.3 is 0 Å². The van der Waals surface area contributed by atoms with Gasteiger partial charge in [-0.05, 0) is 0 Å². The molecule has 0 saturated carbocycles. The van der Waals surface area contributed by atoms with Crippen LogP contribution in [0, 0.1) is 0 Å². The summed E-state index contributed by atoms with van der Waals surface area (Å²) in [6.45, 7) is 14.6. The Morgan fingerprint density at radius 3 is 1.25 bits per heavy atom. The van der Waals surface area contributed by atoms with Crippen molar-refractivity contribution in [2.24, 2.45) is 0 Å². The summed E-state index contributed by atoms with van der Waals surface area (Å²) in [6, 6.07) is 15.0. The zero-order valence-corrected chi connectivity index (χ0v) is 30.9. The molecule has 204 valence electrons. The van der Waals surface area contributed by atoms with Crippen LogP contribution >= 0.6 is 0 Å². The molecule has 0 saturated heterocycles. The first-order valence-corrected chi connectivity index (χ1v) is 31.1. The van der Waals surface area contributed by atoms with E-state index in [2.05, 4.69) is 85.1 Å². The monoisotopic (exact) mass is 708 g/mol. The zero-order valence-electron chi connectivity index (χ0n) is 25.2. The van der Waals surface area contributed by atoms with Crippen LogP contribution in [-0.4, -0.2) is 36.8 Å². The number of fused-ring (bicyclic) bond motifs is 1. The van der Waals surface area contributed by atoms with E-state index in [1.807, 2.05) is 0 Å². The summed E-state index contributed by atoms with van der Waals surface area (Å²) in [6.07, 6.45) is 17.0. The van der Waals surface area contributed by atoms with Gasteiger partial charge in [0.15, 0.2) is 0 Å². The first-order valence-electron chi connectivity index (χ1n) is 16.1. The zero-order chi connectivity index (χ0) is 26.3. The second-order valence-corrected chi connectivity index (χ2v) is 38.0. The number of unbranched alkanes of at least 4 members (excludes halogenated alkanes) is 6. The maximum atomic E-state index is 2.78. The summed E-state index contributed by atoms with van der Waals surface area (Å²) in [5.41, 5.74) is 0. The fraction of sp³-hybridized carbons (Fsp3) is 0.706. The number of hydrogen-bond donors (Lipinski definition) is 0. The second kappa shape index (κ2) is 17.8. The Kier molecular flexibility index (Phi) is 16.1. The molecule has 0 aromatic heterocycles. The maximum absolute atomic E-state index is 2.78. The Balaban J connectivity index is 2.93. The molecule has 0 heterocycles. The van der Waals surface area contributed by atoms with Gasteiger partial charge >= 0.3 is 236 Å². The predicted molar refractivity (Wildman–Crippen MR) is 173 cm³/mol. The molecule has 0 aliphatic carbocycles. The molecular formula is C34H60Sn2. The molecule has 0 radical (unpaired) electrons. The number of hydrogen-bond acceptors (Lipinski definition) is 0. The molecule has 2 heteroatoms. The van der Waals surface area contributed by atoms with E-state index < -0.39 is 36.8 Å². The van der Waals surface area contributed by atoms with Crippen molar-refractivity contribution in [3.8, 4) is 0 Å². The summed E-state index contributed by atoms with van der Waals surface area (Å²) in [7, 11) is 0. The fourth-order valence-corrected chi connectivity index (χ4v) is 50.7. The SMILES string of the molecule is CCC[CH2][Sn]([CH2]CCC)([CH2]CCC)[c]1ccc2ccccc2[c]1[Sn]([CH2]CCC)([CH2]CCC)[CH2]CCC. The van der Waals surface area contributed by atoms with Crippen molar-refractivity contribution in [2.45, 2.75) is 145 Å². The first kappa shape index (κ1) is 32.5. The molecule has 0 spiro atoms. The molecule has 0 amide bonds. The number of rotatable bonds is 20. The minimum atomic E-state index is -2.63. The van der Waals surface area contributed by atoms with E-state index in [1.54, 1.807) is 37.4 Å². The summed E-state index contributed by atoms with van der Waals surface area (Å²) < 4.78 is 13.8. The topological polar surface area (TPSA) is 0 Å². The molecule has 2 rings (SSSR count). The average molecular weight is 706 g/mol. The van der Waals surface area contributed by atoms with Crippen LogP contribution in [-0.2, 0) is 0 Å². The summed E-state index contributed by atoms with van der Waals surface area (Å²) >= 11 is -5.21. The van der Waals surface area contributed by atoms with Crippen molar-refractivity contribution in [1.29, 1.82) is 0 Å². The van der Waals surface area contributed by atoms with Crippen LogP contribution in [0.25, 0.3) is 10.8 Å².